The Morgan fingerprint density at radius 1 is 1.50 bits per heavy atom. The first-order valence-corrected chi connectivity index (χ1v) is 5.66. The van der Waals surface area contributed by atoms with Crippen LogP contribution < -0.4 is 16.4 Å². The molecule has 1 aromatic carbocycles. The molecule has 0 aliphatic rings. The Hall–Kier alpha value is -1.95. The zero-order valence-electron chi connectivity index (χ0n) is 10.1. The Balaban J connectivity index is 2.83. The van der Waals surface area contributed by atoms with E-state index in [4.69, 9.17) is 22.5 Å². The number of nitrogens with two attached hydrogens (primary N) is 1. The summed E-state index contributed by atoms with van der Waals surface area (Å²) in [5.41, 5.74) is 6.34. The van der Waals surface area contributed by atoms with Crippen LogP contribution >= 0.6 is 11.6 Å². The van der Waals surface area contributed by atoms with E-state index in [1.165, 1.54) is 6.07 Å². The van der Waals surface area contributed by atoms with E-state index in [2.05, 4.69) is 15.8 Å². The Morgan fingerprint density at radius 2 is 2.17 bits per heavy atom. The molecule has 0 aliphatic carbocycles. The van der Waals surface area contributed by atoms with Crippen LogP contribution in [0.1, 0.15) is 19.4 Å². The maximum Gasteiger partial charge on any atom is 0.319 e. The summed E-state index contributed by atoms with van der Waals surface area (Å²) in [5, 5.41) is 17.0. The number of hydrogen-bond donors (Lipinski definition) is 4. The van der Waals surface area contributed by atoms with Crippen molar-refractivity contribution in [2.45, 2.75) is 19.9 Å². The topological polar surface area (TPSA) is 99.7 Å². The number of amides is 2. The van der Waals surface area contributed by atoms with Gasteiger partial charge in [-0.3, -0.25) is 0 Å². The molecular weight excluding hydrogens is 256 g/mol. The number of hydrogen-bond acceptors (Lipinski definition) is 3. The molecule has 0 spiro atoms. The Kier molecular flexibility index (Phi) is 4.79. The Labute approximate surface area is 110 Å². The lowest BCUT2D eigenvalue weighted by molar-refractivity contribution is 0.250. The first kappa shape index (κ1) is 14.1. The summed E-state index contributed by atoms with van der Waals surface area (Å²) in [5.74, 6) is -0.0462. The zero-order valence-corrected chi connectivity index (χ0v) is 10.8. The zero-order chi connectivity index (χ0) is 13.7. The van der Waals surface area contributed by atoms with Crippen molar-refractivity contribution in [3.8, 4) is 0 Å². The second-order valence-corrected chi connectivity index (χ2v) is 4.34. The number of nitrogens with zero attached hydrogens (tertiary/aromatic N) is 1. The highest BCUT2D eigenvalue weighted by Gasteiger charge is 2.08. The molecule has 0 heterocycles. The van der Waals surface area contributed by atoms with Crippen LogP contribution in [-0.4, -0.2) is 23.1 Å². The summed E-state index contributed by atoms with van der Waals surface area (Å²) >= 11 is 5.98. The molecule has 0 aromatic heterocycles. The van der Waals surface area contributed by atoms with Gasteiger partial charge in [-0.25, -0.2) is 4.79 Å². The van der Waals surface area contributed by atoms with Gasteiger partial charge < -0.3 is 21.6 Å². The molecule has 0 aliphatic heterocycles. The van der Waals surface area contributed by atoms with E-state index in [0.717, 1.165) is 0 Å². The summed E-state index contributed by atoms with van der Waals surface area (Å²) < 4.78 is 0. The molecule has 1 aromatic rings. The van der Waals surface area contributed by atoms with Crippen LogP contribution in [0.15, 0.2) is 23.4 Å². The van der Waals surface area contributed by atoms with Crippen LogP contribution in [-0.2, 0) is 0 Å². The van der Waals surface area contributed by atoms with Gasteiger partial charge in [-0.1, -0.05) is 16.8 Å². The normalized spacial score (nSPS) is 11.4. The number of oxime groups is 1. The van der Waals surface area contributed by atoms with Gasteiger partial charge >= 0.3 is 6.03 Å². The van der Waals surface area contributed by atoms with Crippen LogP contribution in [0.3, 0.4) is 0 Å². The Morgan fingerprint density at radius 3 is 2.67 bits per heavy atom. The molecule has 0 saturated carbocycles. The number of urea groups is 1. The van der Waals surface area contributed by atoms with Crippen molar-refractivity contribution in [2.24, 2.45) is 10.9 Å². The molecule has 0 radical (unpaired) electrons. The van der Waals surface area contributed by atoms with Crippen molar-refractivity contribution >= 4 is 29.2 Å². The number of anilines is 1. The lowest BCUT2D eigenvalue weighted by atomic mass is 10.2. The van der Waals surface area contributed by atoms with Crippen molar-refractivity contribution in [3.63, 3.8) is 0 Å². The van der Waals surface area contributed by atoms with E-state index in [-0.39, 0.29) is 17.9 Å². The number of rotatable bonds is 3. The highest BCUT2D eigenvalue weighted by Crippen LogP contribution is 2.22. The molecular formula is C11H15ClN4O2. The second-order valence-electron chi connectivity index (χ2n) is 3.93. The first-order chi connectivity index (χ1) is 8.43. The molecule has 0 saturated heterocycles. The van der Waals surface area contributed by atoms with Gasteiger partial charge in [0.05, 0.1) is 10.7 Å². The minimum Gasteiger partial charge on any atom is -0.409 e. The number of carbonyl (C=O) groups excluding carboxylic acids is 1. The lowest BCUT2D eigenvalue weighted by Gasteiger charge is -2.11. The summed E-state index contributed by atoms with van der Waals surface area (Å²) in [4.78, 5) is 11.5. The predicted octanol–water partition coefficient (Wildman–Crippen LogP) is 1.96. The average Bonchev–Trinajstić information content (AvgIpc) is 2.29. The molecule has 0 bridgehead atoms. The summed E-state index contributed by atoms with van der Waals surface area (Å²) in [6.07, 6.45) is 0. The van der Waals surface area contributed by atoms with Gasteiger partial charge in [0.25, 0.3) is 0 Å². The fraction of sp³-hybridized carbons (Fsp3) is 0.273. The lowest BCUT2D eigenvalue weighted by Crippen LogP contribution is -2.34. The maximum absolute atomic E-state index is 11.5. The van der Waals surface area contributed by atoms with E-state index in [0.29, 0.717) is 16.3 Å². The highest BCUT2D eigenvalue weighted by atomic mass is 35.5. The van der Waals surface area contributed by atoms with Gasteiger partial charge in [-0.05, 0) is 32.0 Å². The molecule has 5 N–H and O–H groups in total. The van der Waals surface area contributed by atoms with E-state index in [1.54, 1.807) is 12.1 Å². The number of halogens is 1. The third-order valence-corrected chi connectivity index (χ3v) is 2.35. The minimum atomic E-state index is -0.344. The third kappa shape index (κ3) is 3.81. The summed E-state index contributed by atoms with van der Waals surface area (Å²) in [6.45, 7) is 3.70. The smallest absolute Gasteiger partial charge is 0.319 e. The van der Waals surface area contributed by atoms with Gasteiger partial charge in [0.2, 0.25) is 0 Å². The molecule has 7 heteroatoms. The maximum atomic E-state index is 11.5. The van der Waals surface area contributed by atoms with Crippen molar-refractivity contribution in [2.75, 3.05) is 5.32 Å². The van der Waals surface area contributed by atoms with Crippen molar-refractivity contribution in [1.82, 2.24) is 5.32 Å². The van der Waals surface area contributed by atoms with Gasteiger partial charge in [0.1, 0.15) is 0 Å². The summed E-state index contributed by atoms with van der Waals surface area (Å²) in [7, 11) is 0. The number of carbonyl (C=O) groups is 1. The van der Waals surface area contributed by atoms with Crippen LogP contribution in [0.4, 0.5) is 10.5 Å². The number of amidine groups is 1. The second kappa shape index (κ2) is 6.11. The van der Waals surface area contributed by atoms with Crippen molar-refractivity contribution in [3.05, 3.63) is 28.8 Å². The number of benzene rings is 1. The first-order valence-electron chi connectivity index (χ1n) is 5.29. The molecule has 0 fully saturated rings. The third-order valence-electron chi connectivity index (χ3n) is 2.04. The van der Waals surface area contributed by atoms with Gasteiger partial charge in [-0.2, -0.15) is 0 Å². The standard InChI is InChI=1S/C11H15ClN4O2/c1-6(2)14-11(17)15-9-4-3-7(5-8(9)12)10(13)16-18/h3-6,18H,1-2H3,(H2,13,16)(H2,14,15,17). The molecule has 0 atom stereocenters. The van der Waals surface area contributed by atoms with Crippen molar-refractivity contribution in [1.29, 1.82) is 0 Å². The predicted molar refractivity (Wildman–Crippen MR) is 71.3 cm³/mol. The van der Waals surface area contributed by atoms with Crippen LogP contribution in [0.25, 0.3) is 0 Å². The quantitative estimate of drug-likeness (QED) is 0.292. The SMILES string of the molecule is CC(C)NC(=O)Nc1ccc(/C(N)=N/O)cc1Cl. The van der Waals surface area contributed by atoms with Gasteiger partial charge in [0, 0.05) is 11.6 Å². The highest BCUT2D eigenvalue weighted by molar-refractivity contribution is 6.34. The largest absolute Gasteiger partial charge is 0.409 e. The fourth-order valence-corrected chi connectivity index (χ4v) is 1.48. The summed E-state index contributed by atoms with van der Waals surface area (Å²) in [6, 6.07) is 4.35. The van der Waals surface area contributed by atoms with Crippen LogP contribution in [0, 0.1) is 0 Å². The fourth-order valence-electron chi connectivity index (χ4n) is 1.25. The van der Waals surface area contributed by atoms with E-state index in [1.807, 2.05) is 13.8 Å². The number of nitrogens with one attached hydrogen (secondary N) is 2. The van der Waals surface area contributed by atoms with Gasteiger partial charge in [0.15, 0.2) is 5.84 Å². The minimum absolute atomic E-state index is 0.0280. The van der Waals surface area contributed by atoms with E-state index >= 15 is 0 Å². The molecule has 0 unspecified atom stereocenters. The van der Waals surface area contributed by atoms with E-state index < -0.39 is 0 Å². The van der Waals surface area contributed by atoms with Crippen molar-refractivity contribution < 1.29 is 10.0 Å². The molecule has 2 amide bonds. The van der Waals surface area contributed by atoms with Crippen LogP contribution in [0.5, 0.6) is 0 Å². The molecule has 1 rings (SSSR count). The molecule has 6 nitrogen and oxygen atoms in total. The molecule has 18 heavy (non-hydrogen) atoms. The Bertz CT molecular complexity index is 474. The monoisotopic (exact) mass is 270 g/mol. The average molecular weight is 271 g/mol. The van der Waals surface area contributed by atoms with Crippen LogP contribution in [0.2, 0.25) is 5.02 Å². The van der Waals surface area contributed by atoms with E-state index in [9.17, 15) is 4.79 Å². The molecule has 98 valence electrons. The van der Waals surface area contributed by atoms with Gasteiger partial charge in [-0.15, -0.1) is 0 Å².